The molecule has 132 valence electrons. The Morgan fingerprint density at radius 1 is 0.920 bits per heavy atom. The lowest BCUT2D eigenvalue weighted by Crippen LogP contribution is -2.52. The van der Waals surface area contributed by atoms with Crippen molar-refractivity contribution in [2.75, 3.05) is 31.1 Å². The molecular formula is C19H21F2N3O. The first-order chi connectivity index (χ1) is 12.0. The van der Waals surface area contributed by atoms with E-state index in [1.54, 1.807) is 29.2 Å². The van der Waals surface area contributed by atoms with E-state index in [4.69, 9.17) is 0 Å². The van der Waals surface area contributed by atoms with Crippen molar-refractivity contribution in [1.29, 1.82) is 0 Å². The molecule has 1 saturated heterocycles. The van der Waals surface area contributed by atoms with Crippen LogP contribution in [0.25, 0.3) is 0 Å². The van der Waals surface area contributed by atoms with Crippen LogP contribution >= 0.6 is 0 Å². The largest absolute Gasteiger partial charge is 0.368 e. The van der Waals surface area contributed by atoms with Crippen LogP contribution in [0.4, 0.5) is 19.3 Å². The number of nitrogens with one attached hydrogen (secondary N) is 1. The van der Waals surface area contributed by atoms with Crippen LogP contribution in [0, 0.1) is 11.6 Å². The van der Waals surface area contributed by atoms with Crippen molar-refractivity contribution in [3.8, 4) is 0 Å². The number of anilines is 1. The van der Waals surface area contributed by atoms with Gasteiger partial charge in [-0.05, 0) is 48.9 Å². The highest BCUT2D eigenvalue weighted by atomic mass is 19.1. The fourth-order valence-electron chi connectivity index (χ4n) is 2.93. The summed E-state index contributed by atoms with van der Waals surface area (Å²) in [6, 6.07) is 12.2. The molecular weight excluding hydrogens is 324 g/mol. The average Bonchev–Trinajstić information content (AvgIpc) is 2.63. The first kappa shape index (κ1) is 17.2. The maximum Gasteiger partial charge on any atom is 0.317 e. The molecule has 2 aromatic rings. The molecule has 0 saturated carbocycles. The zero-order chi connectivity index (χ0) is 17.8. The molecule has 1 atom stereocenters. The molecule has 1 N–H and O–H groups in total. The molecule has 0 bridgehead atoms. The Bertz CT molecular complexity index is 710. The Labute approximate surface area is 146 Å². The Hall–Kier alpha value is -2.63. The van der Waals surface area contributed by atoms with Crippen LogP contribution < -0.4 is 10.2 Å². The van der Waals surface area contributed by atoms with Crippen LogP contribution in [0.2, 0.25) is 0 Å². The number of benzene rings is 2. The standard InChI is InChI=1S/C19H21F2N3O/c1-14(15-2-4-16(20)5-3-15)22-19(25)24-12-10-23(11-13-24)18-8-6-17(21)7-9-18/h2-9,14H,10-13H2,1H3,(H,22,25). The van der Waals surface area contributed by atoms with Crippen LogP contribution in [-0.2, 0) is 0 Å². The number of piperazine rings is 1. The number of carbonyl (C=O) groups is 1. The molecule has 0 spiro atoms. The minimum Gasteiger partial charge on any atom is -0.368 e. The van der Waals surface area contributed by atoms with Crippen LogP contribution in [0.15, 0.2) is 48.5 Å². The summed E-state index contributed by atoms with van der Waals surface area (Å²) in [5.74, 6) is -0.546. The molecule has 0 aromatic heterocycles. The number of halogens is 2. The summed E-state index contributed by atoms with van der Waals surface area (Å²) in [6.45, 7) is 4.46. The lowest BCUT2D eigenvalue weighted by molar-refractivity contribution is 0.191. The minimum absolute atomic E-state index is 0.129. The van der Waals surface area contributed by atoms with Gasteiger partial charge in [-0.2, -0.15) is 0 Å². The van der Waals surface area contributed by atoms with E-state index >= 15 is 0 Å². The number of carbonyl (C=O) groups excluding carboxylic acids is 1. The number of amides is 2. The lowest BCUT2D eigenvalue weighted by atomic mass is 10.1. The van der Waals surface area contributed by atoms with Gasteiger partial charge in [0.2, 0.25) is 0 Å². The van der Waals surface area contributed by atoms with E-state index in [0.29, 0.717) is 26.2 Å². The summed E-state index contributed by atoms with van der Waals surface area (Å²) >= 11 is 0. The SMILES string of the molecule is CC(NC(=O)N1CCN(c2ccc(F)cc2)CC1)c1ccc(F)cc1. The summed E-state index contributed by atoms with van der Waals surface area (Å²) < 4.78 is 26.0. The predicted octanol–water partition coefficient (Wildman–Crippen LogP) is 3.56. The summed E-state index contributed by atoms with van der Waals surface area (Å²) in [6.07, 6.45) is 0. The van der Waals surface area contributed by atoms with Crippen LogP contribution in [0.1, 0.15) is 18.5 Å². The normalized spacial score (nSPS) is 15.8. The smallest absolute Gasteiger partial charge is 0.317 e. The van der Waals surface area contributed by atoms with Crippen molar-refractivity contribution in [1.82, 2.24) is 10.2 Å². The molecule has 1 aliphatic rings. The number of nitrogens with zero attached hydrogens (tertiary/aromatic N) is 2. The summed E-state index contributed by atoms with van der Waals surface area (Å²) in [5, 5.41) is 2.94. The molecule has 0 radical (unpaired) electrons. The van der Waals surface area contributed by atoms with E-state index in [-0.39, 0.29) is 23.7 Å². The monoisotopic (exact) mass is 345 g/mol. The quantitative estimate of drug-likeness (QED) is 0.923. The van der Waals surface area contributed by atoms with Crippen LogP contribution in [0.3, 0.4) is 0 Å². The Balaban J connectivity index is 1.52. The van der Waals surface area contributed by atoms with E-state index in [1.807, 2.05) is 6.92 Å². The van der Waals surface area contributed by atoms with Gasteiger partial charge in [0.25, 0.3) is 0 Å². The molecule has 25 heavy (non-hydrogen) atoms. The van der Waals surface area contributed by atoms with E-state index in [0.717, 1.165) is 11.3 Å². The third-order valence-electron chi connectivity index (χ3n) is 4.47. The van der Waals surface area contributed by atoms with Crippen molar-refractivity contribution in [2.24, 2.45) is 0 Å². The van der Waals surface area contributed by atoms with E-state index < -0.39 is 0 Å². The van der Waals surface area contributed by atoms with Gasteiger partial charge in [0, 0.05) is 31.9 Å². The van der Waals surface area contributed by atoms with Crippen molar-refractivity contribution in [3.63, 3.8) is 0 Å². The second-order valence-corrected chi connectivity index (χ2v) is 6.17. The molecule has 1 fully saturated rings. The maximum absolute atomic E-state index is 13.0. The molecule has 3 rings (SSSR count). The van der Waals surface area contributed by atoms with Gasteiger partial charge in [-0.15, -0.1) is 0 Å². The minimum atomic E-state index is -0.292. The Kier molecular flexibility index (Phi) is 5.16. The lowest BCUT2D eigenvalue weighted by Gasteiger charge is -2.36. The first-order valence-corrected chi connectivity index (χ1v) is 8.34. The van der Waals surface area contributed by atoms with E-state index in [2.05, 4.69) is 10.2 Å². The van der Waals surface area contributed by atoms with Crippen LogP contribution in [-0.4, -0.2) is 37.1 Å². The molecule has 0 aliphatic carbocycles. The summed E-state index contributed by atoms with van der Waals surface area (Å²) in [5.41, 5.74) is 1.82. The summed E-state index contributed by atoms with van der Waals surface area (Å²) in [7, 11) is 0. The Morgan fingerprint density at radius 3 is 2.00 bits per heavy atom. The number of rotatable bonds is 3. The van der Waals surface area contributed by atoms with Crippen molar-refractivity contribution >= 4 is 11.7 Å². The molecule has 6 heteroatoms. The van der Waals surface area contributed by atoms with Crippen molar-refractivity contribution in [3.05, 3.63) is 65.7 Å². The average molecular weight is 345 g/mol. The fraction of sp³-hybridized carbons (Fsp3) is 0.316. The predicted molar refractivity (Wildman–Crippen MR) is 93.5 cm³/mol. The fourth-order valence-corrected chi connectivity index (χ4v) is 2.93. The van der Waals surface area contributed by atoms with Crippen LogP contribution in [0.5, 0.6) is 0 Å². The number of urea groups is 1. The molecule has 1 heterocycles. The zero-order valence-corrected chi connectivity index (χ0v) is 14.1. The van der Waals surface area contributed by atoms with Gasteiger partial charge in [0.05, 0.1) is 6.04 Å². The topological polar surface area (TPSA) is 35.6 Å². The number of hydrogen-bond acceptors (Lipinski definition) is 2. The van der Waals surface area contributed by atoms with E-state index in [9.17, 15) is 13.6 Å². The number of hydrogen-bond donors (Lipinski definition) is 1. The van der Waals surface area contributed by atoms with E-state index in [1.165, 1.54) is 24.3 Å². The highest BCUT2D eigenvalue weighted by Crippen LogP contribution is 2.18. The van der Waals surface area contributed by atoms with Gasteiger partial charge in [-0.1, -0.05) is 12.1 Å². The van der Waals surface area contributed by atoms with Gasteiger partial charge in [0.1, 0.15) is 11.6 Å². The highest BCUT2D eigenvalue weighted by Gasteiger charge is 2.22. The van der Waals surface area contributed by atoms with Gasteiger partial charge < -0.3 is 15.1 Å². The molecule has 2 amide bonds. The summed E-state index contributed by atoms with van der Waals surface area (Å²) in [4.78, 5) is 16.3. The highest BCUT2D eigenvalue weighted by molar-refractivity contribution is 5.75. The third-order valence-corrected chi connectivity index (χ3v) is 4.47. The van der Waals surface area contributed by atoms with Crippen molar-refractivity contribution < 1.29 is 13.6 Å². The van der Waals surface area contributed by atoms with Gasteiger partial charge >= 0.3 is 6.03 Å². The second kappa shape index (κ2) is 7.51. The third kappa shape index (κ3) is 4.26. The van der Waals surface area contributed by atoms with Gasteiger partial charge in [-0.25, -0.2) is 13.6 Å². The molecule has 2 aromatic carbocycles. The molecule has 4 nitrogen and oxygen atoms in total. The van der Waals surface area contributed by atoms with Crippen molar-refractivity contribution in [2.45, 2.75) is 13.0 Å². The second-order valence-electron chi connectivity index (χ2n) is 6.17. The Morgan fingerprint density at radius 2 is 1.44 bits per heavy atom. The first-order valence-electron chi connectivity index (χ1n) is 8.34. The molecule has 1 unspecified atom stereocenters. The zero-order valence-electron chi connectivity index (χ0n) is 14.1. The van der Waals surface area contributed by atoms with Gasteiger partial charge in [-0.3, -0.25) is 0 Å². The maximum atomic E-state index is 13.0. The van der Waals surface area contributed by atoms with Gasteiger partial charge in [0.15, 0.2) is 0 Å². The molecule has 1 aliphatic heterocycles.